The van der Waals surface area contributed by atoms with Crippen molar-refractivity contribution in [2.45, 2.75) is 66.0 Å². The van der Waals surface area contributed by atoms with Gasteiger partial charge >= 0.3 is 5.69 Å². The third kappa shape index (κ3) is 5.21. The first kappa shape index (κ1) is 20.6. The van der Waals surface area contributed by atoms with E-state index in [0.717, 1.165) is 74.2 Å². The van der Waals surface area contributed by atoms with Crippen LogP contribution in [0, 0.1) is 13.8 Å². The molecule has 0 spiro atoms. The van der Waals surface area contributed by atoms with Crippen LogP contribution in [0.3, 0.4) is 0 Å². The van der Waals surface area contributed by atoms with Crippen LogP contribution in [0.4, 0.5) is 0 Å². The second-order valence-electron chi connectivity index (χ2n) is 7.07. The van der Waals surface area contributed by atoms with Crippen LogP contribution in [0.5, 0.6) is 0 Å². The summed E-state index contributed by atoms with van der Waals surface area (Å²) in [4.78, 5) is 22.8. The topological polar surface area (TPSA) is 89.1 Å². The van der Waals surface area contributed by atoms with Crippen LogP contribution in [-0.4, -0.2) is 44.9 Å². The van der Waals surface area contributed by atoms with Crippen molar-refractivity contribution in [3.8, 4) is 0 Å². The molecular weight excluding hydrogens is 374 g/mol. The second-order valence-corrected chi connectivity index (χ2v) is 8.36. The fourth-order valence-corrected chi connectivity index (χ4v) is 4.21. The standard InChI is InChI=1S/C19H31N7OS/c1-4-20-18(22-11-9-17-23-14(2)15(3)28-17)21-10-7-13-26-19(27)25-12-6-5-8-16(25)24-26/h4-13H2,1-3H3,(H2,20,21,22). The van der Waals surface area contributed by atoms with Crippen LogP contribution in [0.25, 0.3) is 0 Å². The molecule has 8 nitrogen and oxygen atoms in total. The van der Waals surface area contributed by atoms with Gasteiger partial charge in [0.1, 0.15) is 5.82 Å². The van der Waals surface area contributed by atoms with Gasteiger partial charge < -0.3 is 10.6 Å². The van der Waals surface area contributed by atoms with E-state index in [1.165, 1.54) is 4.88 Å². The zero-order valence-corrected chi connectivity index (χ0v) is 17.9. The molecule has 0 aliphatic carbocycles. The van der Waals surface area contributed by atoms with Crippen molar-refractivity contribution in [2.24, 2.45) is 4.99 Å². The molecule has 0 aromatic carbocycles. The van der Waals surface area contributed by atoms with E-state index >= 15 is 0 Å². The fourth-order valence-electron chi connectivity index (χ4n) is 3.28. The molecule has 28 heavy (non-hydrogen) atoms. The van der Waals surface area contributed by atoms with Crippen molar-refractivity contribution in [2.75, 3.05) is 19.6 Å². The maximum atomic E-state index is 12.3. The van der Waals surface area contributed by atoms with E-state index < -0.39 is 0 Å². The van der Waals surface area contributed by atoms with Crippen LogP contribution in [-0.2, 0) is 25.9 Å². The van der Waals surface area contributed by atoms with Gasteiger partial charge in [0.15, 0.2) is 5.96 Å². The van der Waals surface area contributed by atoms with Crippen molar-refractivity contribution in [3.05, 3.63) is 31.9 Å². The van der Waals surface area contributed by atoms with Gasteiger partial charge in [0.25, 0.3) is 0 Å². The SMILES string of the molecule is CCNC(=NCCCn1nc2n(c1=O)CCCC2)NCCc1nc(C)c(C)s1. The zero-order chi connectivity index (χ0) is 19.9. The third-order valence-corrected chi connectivity index (χ3v) is 6.01. The van der Waals surface area contributed by atoms with Gasteiger partial charge in [0.05, 0.1) is 10.7 Å². The number of hydrogen-bond donors (Lipinski definition) is 2. The number of hydrogen-bond acceptors (Lipinski definition) is 5. The Hall–Kier alpha value is -2.16. The molecule has 2 aromatic heterocycles. The zero-order valence-electron chi connectivity index (χ0n) is 17.1. The first-order chi connectivity index (χ1) is 13.6. The Morgan fingerprint density at radius 1 is 1.29 bits per heavy atom. The molecule has 0 fully saturated rings. The van der Waals surface area contributed by atoms with Gasteiger partial charge in [-0.3, -0.25) is 9.56 Å². The molecule has 0 amide bonds. The molecule has 1 aliphatic heterocycles. The van der Waals surface area contributed by atoms with Crippen LogP contribution < -0.4 is 16.3 Å². The monoisotopic (exact) mass is 405 g/mol. The minimum atomic E-state index is 0.0257. The molecule has 3 heterocycles. The highest BCUT2D eigenvalue weighted by Gasteiger charge is 2.16. The molecule has 2 aromatic rings. The van der Waals surface area contributed by atoms with Crippen molar-refractivity contribution in [1.82, 2.24) is 30.0 Å². The largest absolute Gasteiger partial charge is 0.357 e. The summed E-state index contributed by atoms with van der Waals surface area (Å²) in [5, 5.41) is 12.3. The Morgan fingerprint density at radius 2 is 2.14 bits per heavy atom. The third-order valence-electron chi connectivity index (χ3n) is 4.88. The lowest BCUT2D eigenvalue weighted by Crippen LogP contribution is -2.38. The van der Waals surface area contributed by atoms with E-state index in [2.05, 4.69) is 46.5 Å². The molecular formula is C19H31N7OS. The molecule has 2 N–H and O–H groups in total. The molecule has 0 unspecified atom stereocenters. The Kier molecular flexibility index (Phi) is 7.24. The molecule has 0 atom stereocenters. The number of fused-ring (bicyclic) bond motifs is 1. The molecule has 0 radical (unpaired) electrons. The van der Waals surface area contributed by atoms with Gasteiger partial charge in [0.2, 0.25) is 0 Å². The Morgan fingerprint density at radius 3 is 2.86 bits per heavy atom. The highest BCUT2D eigenvalue weighted by Crippen LogP contribution is 2.16. The van der Waals surface area contributed by atoms with Crippen LogP contribution >= 0.6 is 11.3 Å². The van der Waals surface area contributed by atoms with Gasteiger partial charge in [-0.1, -0.05) is 0 Å². The number of thiazole rings is 1. The summed E-state index contributed by atoms with van der Waals surface area (Å²) in [5.74, 6) is 1.74. The number of nitrogens with one attached hydrogen (secondary N) is 2. The summed E-state index contributed by atoms with van der Waals surface area (Å²) in [7, 11) is 0. The van der Waals surface area contributed by atoms with Gasteiger partial charge in [-0.2, -0.15) is 5.10 Å². The maximum absolute atomic E-state index is 12.3. The summed E-state index contributed by atoms with van der Waals surface area (Å²) in [5.41, 5.74) is 1.15. The van der Waals surface area contributed by atoms with E-state index in [-0.39, 0.29) is 5.69 Å². The average molecular weight is 406 g/mol. The first-order valence-corrected chi connectivity index (χ1v) is 11.0. The number of aryl methyl sites for hydroxylation is 4. The summed E-state index contributed by atoms with van der Waals surface area (Å²) in [6.45, 7) is 9.89. The van der Waals surface area contributed by atoms with Crippen LogP contribution in [0.1, 0.15) is 47.6 Å². The average Bonchev–Trinajstić information content (AvgIpc) is 3.18. The number of aliphatic imine (C=N–C) groups is 1. The van der Waals surface area contributed by atoms with E-state index in [4.69, 9.17) is 0 Å². The molecule has 0 bridgehead atoms. The summed E-state index contributed by atoms with van der Waals surface area (Å²) in [6.07, 6.45) is 4.78. The normalized spacial score (nSPS) is 14.2. The second kappa shape index (κ2) is 9.86. The first-order valence-electron chi connectivity index (χ1n) is 10.2. The van der Waals surface area contributed by atoms with Gasteiger partial charge in [0, 0.05) is 50.4 Å². The predicted octanol–water partition coefficient (Wildman–Crippen LogP) is 1.64. The number of nitrogens with zero attached hydrogens (tertiary/aromatic N) is 5. The number of guanidine groups is 1. The Labute approximate surface area is 170 Å². The predicted molar refractivity (Wildman–Crippen MR) is 113 cm³/mol. The minimum Gasteiger partial charge on any atom is -0.357 e. The molecule has 1 aliphatic rings. The molecule has 3 rings (SSSR count). The van der Waals surface area contributed by atoms with E-state index in [0.29, 0.717) is 13.1 Å². The smallest absolute Gasteiger partial charge is 0.345 e. The van der Waals surface area contributed by atoms with Crippen LogP contribution in [0.15, 0.2) is 9.79 Å². The summed E-state index contributed by atoms with van der Waals surface area (Å²) in [6, 6.07) is 0. The highest BCUT2D eigenvalue weighted by molar-refractivity contribution is 7.11. The van der Waals surface area contributed by atoms with Crippen LogP contribution in [0.2, 0.25) is 0 Å². The van der Waals surface area contributed by atoms with Gasteiger partial charge in [-0.05, 0) is 40.0 Å². The minimum absolute atomic E-state index is 0.0257. The highest BCUT2D eigenvalue weighted by atomic mass is 32.1. The Balaban J connectivity index is 1.46. The lowest BCUT2D eigenvalue weighted by molar-refractivity contribution is 0.509. The maximum Gasteiger partial charge on any atom is 0.345 e. The lowest BCUT2D eigenvalue weighted by atomic mass is 10.2. The summed E-state index contributed by atoms with van der Waals surface area (Å²) < 4.78 is 3.42. The van der Waals surface area contributed by atoms with E-state index in [9.17, 15) is 4.79 Å². The Bertz CT molecular complexity index is 845. The molecule has 154 valence electrons. The fraction of sp³-hybridized carbons (Fsp3) is 0.684. The summed E-state index contributed by atoms with van der Waals surface area (Å²) >= 11 is 1.76. The number of aromatic nitrogens is 4. The van der Waals surface area contributed by atoms with E-state index in [1.54, 1.807) is 16.0 Å². The lowest BCUT2D eigenvalue weighted by Gasteiger charge is -2.10. The van der Waals surface area contributed by atoms with E-state index in [1.807, 2.05) is 4.57 Å². The van der Waals surface area contributed by atoms with Gasteiger partial charge in [-0.15, -0.1) is 11.3 Å². The molecule has 9 heteroatoms. The number of rotatable bonds is 8. The molecule has 0 saturated heterocycles. The van der Waals surface area contributed by atoms with Crippen molar-refractivity contribution < 1.29 is 0 Å². The van der Waals surface area contributed by atoms with Crippen molar-refractivity contribution in [1.29, 1.82) is 0 Å². The molecule has 0 saturated carbocycles. The van der Waals surface area contributed by atoms with Gasteiger partial charge in [-0.25, -0.2) is 14.5 Å². The quantitative estimate of drug-likeness (QED) is 0.396. The van der Waals surface area contributed by atoms with Crippen molar-refractivity contribution in [3.63, 3.8) is 0 Å². The van der Waals surface area contributed by atoms with Crippen molar-refractivity contribution >= 4 is 17.3 Å².